The summed E-state index contributed by atoms with van der Waals surface area (Å²) in [4.78, 5) is 12.8. The Morgan fingerprint density at radius 1 is 1.21 bits per heavy atom. The molecule has 1 heterocycles. The maximum atomic E-state index is 12.8. The Labute approximate surface area is 176 Å². The summed E-state index contributed by atoms with van der Waals surface area (Å²) in [6.45, 7) is 16.9. The van der Waals surface area contributed by atoms with Crippen molar-refractivity contribution in [1.29, 1.82) is 0 Å². The van der Waals surface area contributed by atoms with Crippen molar-refractivity contribution in [3.05, 3.63) is 29.8 Å². The summed E-state index contributed by atoms with van der Waals surface area (Å²) >= 11 is 0. The van der Waals surface area contributed by atoms with Gasteiger partial charge >= 0.3 is 0 Å². The van der Waals surface area contributed by atoms with Crippen molar-refractivity contribution in [3.8, 4) is 17.6 Å². The fourth-order valence-electron chi connectivity index (χ4n) is 2.44. The zero-order valence-corrected chi connectivity index (χ0v) is 19.8. The first-order valence-corrected chi connectivity index (χ1v) is 13.1. The number of hydrogen-bond acceptors (Lipinski definition) is 5. The second-order valence-electron chi connectivity index (χ2n) is 8.92. The minimum atomic E-state index is -2.06. The van der Waals surface area contributed by atoms with Crippen molar-refractivity contribution < 1.29 is 23.4 Å². The zero-order chi connectivity index (χ0) is 21.7. The molecule has 1 aliphatic heterocycles. The highest BCUT2D eigenvalue weighted by Crippen LogP contribution is 2.38. The normalized spacial score (nSPS) is 21.3. The molecule has 29 heavy (non-hydrogen) atoms. The first-order chi connectivity index (χ1) is 13.5. The van der Waals surface area contributed by atoms with E-state index >= 15 is 0 Å². The lowest BCUT2D eigenvalue weighted by Gasteiger charge is -2.36. The molecular formula is C23H34O5Si. The lowest BCUT2D eigenvalue weighted by molar-refractivity contribution is 0.0464. The molecule has 6 heteroatoms. The highest BCUT2D eigenvalue weighted by atomic mass is 28.4. The summed E-state index contributed by atoms with van der Waals surface area (Å²) in [6, 6.07) is 7.33. The molecule has 2 rings (SSSR count). The molecule has 0 N–H and O–H groups in total. The number of hydrogen-bond donors (Lipinski definition) is 0. The van der Waals surface area contributed by atoms with Gasteiger partial charge in [-0.15, -0.1) is 0 Å². The Bertz CT molecular complexity index is 771. The van der Waals surface area contributed by atoms with Gasteiger partial charge in [0.25, 0.3) is 8.32 Å². The second-order valence-corrected chi connectivity index (χ2v) is 13.6. The van der Waals surface area contributed by atoms with Crippen LogP contribution in [0.15, 0.2) is 24.3 Å². The van der Waals surface area contributed by atoms with Gasteiger partial charge in [-0.25, -0.2) is 0 Å². The predicted octanol–water partition coefficient (Wildman–Crippen LogP) is 4.47. The van der Waals surface area contributed by atoms with E-state index in [9.17, 15) is 4.79 Å². The van der Waals surface area contributed by atoms with E-state index in [4.69, 9.17) is 18.6 Å². The van der Waals surface area contributed by atoms with Crippen molar-refractivity contribution in [2.75, 3.05) is 26.4 Å². The van der Waals surface area contributed by atoms with Crippen LogP contribution in [0.1, 0.15) is 45.0 Å². The van der Waals surface area contributed by atoms with Crippen LogP contribution in [0, 0.1) is 11.8 Å². The summed E-state index contributed by atoms with van der Waals surface area (Å²) in [7, 11) is -2.06. The number of carbonyl (C=O) groups excluding carboxylic acids is 1. The van der Waals surface area contributed by atoms with Crippen LogP contribution >= 0.6 is 0 Å². The van der Waals surface area contributed by atoms with Gasteiger partial charge in [0.2, 0.25) is 5.78 Å². The van der Waals surface area contributed by atoms with Crippen LogP contribution in [-0.2, 0) is 14.2 Å². The highest BCUT2D eigenvalue weighted by molar-refractivity contribution is 6.74. The van der Waals surface area contributed by atoms with E-state index < -0.39 is 13.9 Å². The lowest BCUT2D eigenvalue weighted by atomic mass is 10.1. The van der Waals surface area contributed by atoms with Crippen molar-refractivity contribution in [1.82, 2.24) is 0 Å². The maximum Gasteiger partial charge on any atom is 0.250 e. The van der Waals surface area contributed by atoms with Gasteiger partial charge in [-0.3, -0.25) is 4.79 Å². The molecule has 0 spiro atoms. The smallest absolute Gasteiger partial charge is 0.250 e. The Kier molecular flexibility index (Phi) is 7.69. The average molecular weight is 419 g/mol. The third kappa shape index (κ3) is 6.41. The number of rotatable bonds is 9. The molecule has 160 valence electrons. The zero-order valence-electron chi connectivity index (χ0n) is 18.8. The molecule has 1 aliphatic rings. The number of benzene rings is 1. The standard InChI is InChI=1S/C23H34O5Si/c1-8-25-15-16-26-17-21-23(5,27-21)14-13-19(24)18-11-9-10-12-20(18)28-29(6,7)22(2,3)4/h9-12,21H,8,15-17H2,1-7H3/t21-,23+/m1/s1. The van der Waals surface area contributed by atoms with Crippen LogP contribution in [0.3, 0.4) is 0 Å². The van der Waals surface area contributed by atoms with Crippen molar-refractivity contribution in [2.45, 2.75) is 64.5 Å². The van der Waals surface area contributed by atoms with Gasteiger partial charge in [0.05, 0.1) is 25.4 Å². The van der Waals surface area contributed by atoms with E-state index in [2.05, 4.69) is 45.7 Å². The summed E-state index contributed by atoms with van der Waals surface area (Å²) in [5.74, 6) is 6.07. The fourth-order valence-corrected chi connectivity index (χ4v) is 3.47. The highest BCUT2D eigenvalue weighted by Gasteiger charge is 2.51. The van der Waals surface area contributed by atoms with Gasteiger partial charge in [-0.1, -0.05) is 38.8 Å². The number of Topliss-reactive ketones (excluding diaryl/α,β-unsaturated/α-hetero) is 1. The molecule has 0 aromatic heterocycles. The molecule has 0 unspecified atom stereocenters. The molecule has 0 bridgehead atoms. The lowest BCUT2D eigenvalue weighted by Crippen LogP contribution is -2.44. The van der Waals surface area contributed by atoms with Gasteiger partial charge in [-0.2, -0.15) is 0 Å². The van der Waals surface area contributed by atoms with E-state index in [1.54, 1.807) is 6.07 Å². The summed E-state index contributed by atoms with van der Waals surface area (Å²) in [6.07, 6.45) is -0.122. The SMILES string of the molecule is CCOCCOC[C@H]1O[C@@]1(C)C#CC(=O)c1ccccc1O[Si](C)(C)C(C)(C)C. The minimum Gasteiger partial charge on any atom is -0.543 e. The Balaban J connectivity index is 2.01. The molecule has 1 fully saturated rings. The van der Waals surface area contributed by atoms with Gasteiger partial charge in [-0.05, 0) is 50.0 Å². The largest absolute Gasteiger partial charge is 0.543 e. The Morgan fingerprint density at radius 3 is 2.52 bits per heavy atom. The van der Waals surface area contributed by atoms with Crippen molar-refractivity contribution in [2.24, 2.45) is 0 Å². The molecule has 0 radical (unpaired) electrons. The summed E-state index contributed by atoms with van der Waals surface area (Å²) in [5.41, 5.74) is -0.144. The van der Waals surface area contributed by atoms with E-state index in [-0.39, 0.29) is 16.9 Å². The molecule has 0 amide bonds. The van der Waals surface area contributed by atoms with Crippen LogP contribution in [0.25, 0.3) is 0 Å². The minimum absolute atomic E-state index is 0.0412. The van der Waals surface area contributed by atoms with Gasteiger partial charge < -0.3 is 18.6 Å². The third-order valence-electron chi connectivity index (χ3n) is 5.52. The van der Waals surface area contributed by atoms with Crippen molar-refractivity contribution >= 4 is 14.1 Å². The number of carbonyl (C=O) groups is 1. The van der Waals surface area contributed by atoms with E-state index in [0.717, 1.165) is 0 Å². The van der Waals surface area contributed by atoms with Crippen LogP contribution in [0.4, 0.5) is 0 Å². The topological polar surface area (TPSA) is 57.3 Å². The van der Waals surface area contributed by atoms with E-state index in [0.29, 0.717) is 37.7 Å². The fraction of sp³-hybridized carbons (Fsp3) is 0.609. The van der Waals surface area contributed by atoms with E-state index in [1.165, 1.54) is 0 Å². The quantitative estimate of drug-likeness (QED) is 0.148. The molecule has 0 saturated carbocycles. The van der Waals surface area contributed by atoms with Crippen LogP contribution < -0.4 is 4.43 Å². The molecule has 5 nitrogen and oxygen atoms in total. The molecule has 1 aromatic rings. The number of para-hydroxylation sites is 1. The summed E-state index contributed by atoms with van der Waals surface area (Å²) in [5, 5.41) is 0.0412. The maximum absolute atomic E-state index is 12.8. The number of ketones is 1. The molecule has 2 atom stereocenters. The van der Waals surface area contributed by atoms with Crippen molar-refractivity contribution in [3.63, 3.8) is 0 Å². The molecule has 0 aliphatic carbocycles. The van der Waals surface area contributed by atoms with Gasteiger partial charge in [0.1, 0.15) is 11.9 Å². The number of ether oxygens (including phenoxy) is 3. The number of epoxide rings is 1. The van der Waals surface area contributed by atoms with Crippen LogP contribution in [0.2, 0.25) is 18.1 Å². The van der Waals surface area contributed by atoms with Gasteiger partial charge in [0.15, 0.2) is 5.60 Å². The predicted molar refractivity (Wildman–Crippen MR) is 117 cm³/mol. The first-order valence-electron chi connectivity index (χ1n) is 10.2. The first kappa shape index (κ1) is 23.6. The second kappa shape index (κ2) is 9.44. The Morgan fingerprint density at radius 2 is 1.86 bits per heavy atom. The molecule has 1 aromatic carbocycles. The monoisotopic (exact) mass is 418 g/mol. The van der Waals surface area contributed by atoms with Gasteiger partial charge in [0, 0.05) is 6.61 Å². The van der Waals surface area contributed by atoms with E-state index in [1.807, 2.05) is 32.0 Å². The summed E-state index contributed by atoms with van der Waals surface area (Å²) < 4.78 is 22.8. The average Bonchev–Trinajstić information content (AvgIpc) is 3.29. The third-order valence-corrected chi connectivity index (χ3v) is 9.86. The molecule has 1 saturated heterocycles. The molecular weight excluding hydrogens is 384 g/mol. The van der Waals surface area contributed by atoms with Crippen LogP contribution in [-0.4, -0.2) is 52.2 Å². The Hall–Kier alpha value is -1.65. The van der Waals surface area contributed by atoms with Crippen LogP contribution in [0.5, 0.6) is 5.75 Å².